The first-order valence-corrected chi connectivity index (χ1v) is 14.4. The van der Waals surface area contributed by atoms with Gasteiger partial charge in [0.2, 0.25) is 5.52 Å². The number of ether oxygens (including phenoxy) is 4. The van der Waals surface area contributed by atoms with Crippen molar-refractivity contribution in [2.24, 2.45) is 5.41 Å². The summed E-state index contributed by atoms with van der Waals surface area (Å²) in [6.07, 6.45) is 11.4. The van der Waals surface area contributed by atoms with Crippen LogP contribution in [0.15, 0.2) is 53.8 Å². The lowest BCUT2D eigenvalue weighted by Crippen LogP contribution is -2.33. The Balaban J connectivity index is 1.48. The van der Waals surface area contributed by atoms with E-state index in [4.69, 9.17) is 18.9 Å². The number of para-hydroxylation sites is 1. The van der Waals surface area contributed by atoms with E-state index in [2.05, 4.69) is 78.9 Å². The molecular formula is C30H43N2O4S+. The van der Waals surface area contributed by atoms with E-state index < -0.39 is 0 Å². The molecule has 0 spiro atoms. The maximum Gasteiger partial charge on any atom is 0.263 e. The first kappa shape index (κ1) is 28.0. The van der Waals surface area contributed by atoms with Crippen molar-refractivity contribution in [1.29, 1.82) is 0 Å². The van der Waals surface area contributed by atoms with Gasteiger partial charge in [-0.3, -0.25) is 0 Å². The highest BCUT2D eigenvalue weighted by Gasteiger charge is 2.26. The topological polar surface area (TPSA) is 44.0 Å². The minimum absolute atomic E-state index is 0.220. The molecule has 1 aromatic carbocycles. The standard InChI is InChI=1S/C30H43N2O4S/c1-4-32-27-7-5-6-8-28(27)37-29(32)22-26-21-25(23-30(2,3)24-26)9-10-31-11-13-33-15-17-35-19-20-36-18-16-34-14-12-31/h5-10,21-22H,4,11-20,23-24H2,1-3H3/q+1. The predicted octanol–water partition coefficient (Wildman–Crippen LogP) is 5.23. The molecule has 1 aliphatic carbocycles. The molecule has 2 aliphatic rings. The van der Waals surface area contributed by atoms with Crippen molar-refractivity contribution in [3.63, 3.8) is 0 Å². The second kappa shape index (κ2) is 14.2. The number of allylic oxidation sites excluding steroid dienone is 4. The lowest BCUT2D eigenvalue weighted by atomic mass is 9.75. The first-order chi connectivity index (χ1) is 18.0. The molecule has 1 fully saturated rings. The minimum atomic E-state index is 0.220. The fraction of sp³-hybridized carbons (Fsp3) is 0.567. The largest absolute Gasteiger partial charge is 0.377 e. The third kappa shape index (κ3) is 8.76. The highest BCUT2D eigenvalue weighted by Crippen LogP contribution is 2.39. The molecule has 7 heteroatoms. The van der Waals surface area contributed by atoms with Gasteiger partial charge in [-0.25, -0.2) is 0 Å². The van der Waals surface area contributed by atoms with Crippen LogP contribution < -0.4 is 4.57 Å². The SMILES string of the molecule is CC[n+]1c(/C=C2C=C(/C=C/N3CCOCCOCCOCCOCC3)CC(C)(C)C/2)sc2ccccc21. The summed E-state index contributed by atoms with van der Waals surface area (Å²) in [5.41, 5.74) is 4.30. The third-order valence-corrected chi connectivity index (χ3v) is 7.77. The second-order valence-electron chi connectivity index (χ2n) is 10.4. The lowest BCUT2D eigenvalue weighted by molar-refractivity contribution is -0.665. The predicted molar refractivity (Wildman–Crippen MR) is 151 cm³/mol. The zero-order valence-corrected chi connectivity index (χ0v) is 23.6. The average Bonchev–Trinajstić information content (AvgIpc) is 3.21. The number of aryl methyl sites for hydroxylation is 1. The Hall–Kier alpha value is -2.03. The summed E-state index contributed by atoms with van der Waals surface area (Å²) in [7, 11) is 0. The molecule has 0 unspecified atom stereocenters. The van der Waals surface area contributed by atoms with Crippen LogP contribution in [0.25, 0.3) is 16.3 Å². The molecule has 0 amide bonds. The zero-order valence-electron chi connectivity index (χ0n) is 22.7. The van der Waals surface area contributed by atoms with Gasteiger partial charge in [-0.15, -0.1) is 0 Å². The fourth-order valence-electron chi connectivity index (χ4n) is 4.94. The van der Waals surface area contributed by atoms with Crippen LogP contribution in [-0.4, -0.2) is 70.8 Å². The van der Waals surface area contributed by atoms with Gasteiger partial charge in [0.15, 0.2) is 0 Å². The van der Waals surface area contributed by atoms with Gasteiger partial charge < -0.3 is 23.8 Å². The van der Waals surface area contributed by atoms with Crippen LogP contribution in [0, 0.1) is 5.41 Å². The normalized spacial score (nSPS) is 22.2. The van der Waals surface area contributed by atoms with Gasteiger partial charge in [0, 0.05) is 25.2 Å². The van der Waals surface area contributed by atoms with Crippen LogP contribution in [0.1, 0.15) is 38.6 Å². The van der Waals surface area contributed by atoms with E-state index in [-0.39, 0.29) is 5.41 Å². The second-order valence-corrected chi connectivity index (χ2v) is 11.5. The number of benzene rings is 1. The van der Waals surface area contributed by atoms with Gasteiger partial charge in [0.05, 0.1) is 52.9 Å². The van der Waals surface area contributed by atoms with Crippen LogP contribution >= 0.6 is 11.3 Å². The molecule has 202 valence electrons. The summed E-state index contributed by atoms with van der Waals surface area (Å²) in [5, 5.41) is 1.32. The van der Waals surface area contributed by atoms with Gasteiger partial charge in [-0.1, -0.05) is 43.4 Å². The van der Waals surface area contributed by atoms with Crippen LogP contribution in [0.2, 0.25) is 0 Å². The number of thiazole rings is 1. The number of hydrogen-bond donors (Lipinski definition) is 0. The van der Waals surface area contributed by atoms with Crippen LogP contribution in [0.3, 0.4) is 0 Å². The highest BCUT2D eigenvalue weighted by molar-refractivity contribution is 7.18. The Morgan fingerprint density at radius 3 is 2.16 bits per heavy atom. The molecule has 1 aromatic heterocycles. The number of hydrogen-bond acceptors (Lipinski definition) is 6. The number of rotatable bonds is 4. The number of fused-ring (bicyclic) bond motifs is 1. The molecule has 0 saturated carbocycles. The molecule has 0 radical (unpaired) electrons. The molecule has 2 heterocycles. The Morgan fingerprint density at radius 1 is 0.892 bits per heavy atom. The van der Waals surface area contributed by atoms with E-state index in [1.807, 2.05) is 11.3 Å². The highest BCUT2D eigenvalue weighted by atomic mass is 32.1. The average molecular weight is 528 g/mol. The summed E-state index contributed by atoms with van der Waals surface area (Å²) in [6.45, 7) is 14.6. The van der Waals surface area contributed by atoms with Gasteiger partial charge in [0.25, 0.3) is 5.01 Å². The van der Waals surface area contributed by atoms with Gasteiger partial charge in [0.1, 0.15) is 11.2 Å². The lowest BCUT2D eigenvalue weighted by Gasteiger charge is -2.30. The molecule has 6 nitrogen and oxygen atoms in total. The smallest absolute Gasteiger partial charge is 0.263 e. The van der Waals surface area contributed by atoms with Gasteiger partial charge in [-0.2, -0.15) is 4.57 Å². The van der Waals surface area contributed by atoms with Crippen molar-refractivity contribution in [3.05, 3.63) is 58.8 Å². The molecule has 0 bridgehead atoms. The van der Waals surface area contributed by atoms with Gasteiger partial charge >= 0.3 is 0 Å². The summed E-state index contributed by atoms with van der Waals surface area (Å²) in [5.74, 6) is 0. The maximum absolute atomic E-state index is 5.79. The van der Waals surface area contributed by atoms with Crippen molar-refractivity contribution in [1.82, 2.24) is 4.90 Å². The van der Waals surface area contributed by atoms with E-state index in [0.29, 0.717) is 52.9 Å². The van der Waals surface area contributed by atoms with Crippen molar-refractivity contribution in [2.45, 2.75) is 40.2 Å². The number of nitrogens with zero attached hydrogens (tertiary/aromatic N) is 2. The Labute approximate surface area is 226 Å². The molecule has 1 aliphatic heterocycles. The molecule has 37 heavy (non-hydrogen) atoms. The minimum Gasteiger partial charge on any atom is -0.377 e. The molecule has 0 atom stereocenters. The summed E-state index contributed by atoms with van der Waals surface area (Å²) >= 11 is 1.88. The van der Waals surface area contributed by atoms with Crippen molar-refractivity contribution in [3.8, 4) is 0 Å². The Kier molecular flexibility index (Phi) is 10.8. The van der Waals surface area contributed by atoms with Crippen molar-refractivity contribution in [2.75, 3.05) is 65.9 Å². The maximum atomic E-state index is 5.79. The van der Waals surface area contributed by atoms with E-state index in [1.54, 1.807) is 0 Å². The number of aromatic nitrogens is 1. The van der Waals surface area contributed by atoms with Gasteiger partial charge in [-0.05, 0) is 54.7 Å². The molecule has 2 aromatic rings. The Morgan fingerprint density at radius 2 is 1.51 bits per heavy atom. The van der Waals surface area contributed by atoms with E-state index in [1.165, 1.54) is 26.4 Å². The van der Waals surface area contributed by atoms with E-state index >= 15 is 0 Å². The molecule has 1 saturated heterocycles. The van der Waals surface area contributed by atoms with Crippen molar-refractivity contribution < 1.29 is 23.5 Å². The van der Waals surface area contributed by atoms with E-state index in [0.717, 1.165) is 32.5 Å². The fourth-order valence-corrected chi connectivity index (χ4v) is 6.14. The molecule has 0 N–H and O–H groups in total. The first-order valence-electron chi connectivity index (χ1n) is 13.6. The molecular weight excluding hydrogens is 484 g/mol. The summed E-state index contributed by atoms with van der Waals surface area (Å²) in [6, 6.07) is 8.70. The Bertz CT molecular complexity index is 1070. The summed E-state index contributed by atoms with van der Waals surface area (Å²) in [4.78, 5) is 2.30. The van der Waals surface area contributed by atoms with Crippen LogP contribution in [-0.2, 0) is 25.5 Å². The quantitative estimate of drug-likeness (QED) is 0.509. The summed E-state index contributed by atoms with van der Waals surface area (Å²) < 4.78 is 26.4. The molecule has 4 rings (SSSR count). The monoisotopic (exact) mass is 527 g/mol. The third-order valence-electron chi connectivity index (χ3n) is 6.66. The van der Waals surface area contributed by atoms with Crippen LogP contribution in [0.4, 0.5) is 0 Å². The van der Waals surface area contributed by atoms with Crippen LogP contribution in [0.5, 0.6) is 0 Å². The van der Waals surface area contributed by atoms with E-state index in [9.17, 15) is 0 Å². The van der Waals surface area contributed by atoms with Crippen molar-refractivity contribution >= 4 is 27.6 Å². The zero-order chi connectivity index (χ0) is 25.9.